The lowest BCUT2D eigenvalue weighted by Crippen LogP contribution is -2.25. The number of nitrogens with zero attached hydrogens (tertiary/aromatic N) is 3. The van der Waals surface area contributed by atoms with E-state index in [0.717, 1.165) is 0 Å². The Hall–Kier alpha value is -3.44. The lowest BCUT2D eigenvalue weighted by atomic mass is 10.2. The van der Waals surface area contributed by atoms with E-state index in [4.69, 9.17) is 16.3 Å². The van der Waals surface area contributed by atoms with Crippen molar-refractivity contribution in [3.05, 3.63) is 69.0 Å². The molecular weight excluding hydrogens is 472 g/mol. The summed E-state index contributed by atoms with van der Waals surface area (Å²) >= 11 is 5.85. The molecule has 0 saturated heterocycles. The van der Waals surface area contributed by atoms with Crippen LogP contribution in [0, 0.1) is 24.0 Å². The minimum Gasteiger partial charge on any atom is -0.497 e. The topological polar surface area (TPSA) is 133 Å². The standard InChI is InChI=1S/C21H21ClN4O6S/c1-12-20(26(28)29)13(2)25(24-12)14(3)21(27)23-16-9-17(32-4)11-19(10-16)33(30,31)18-7-5-15(22)6-8-18/h5-11,14H,1-4H3,(H,23,27). The lowest BCUT2D eigenvalue weighted by molar-refractivity contribution is -0.386. The van der Waals surface area contributed by atoms with Crippen LogP contribution in [-0.2, 0) is 14.6 Å². The summed E-state index contributed by atoms with van der Waals surface area (Å²) in [6.07, 6.45) is 0. The van der Waals surface area contributed by atoms with Crippen molar-refractivity contribution >= 4 is 38.7 Å². The number of hydrogen-bond donors (Lipinski definition) is 1. The highest BCUT2D eigenvalue weighted by molar-refractivity contribution is 7.91. The average Bonchev–Trinajstić information content (AvgIpc) is 3.07. The predicted octanol–water partition coefficient (Wildman–Crippen LogP) is 4.10. The van der Waals surface area contributed by atoms with Gasteiger partial charge in [-0.3, -0.25) is 19.6 Å². The van der Waals surface area contributed by atoms with Gasteiger partial charge in [-0.2, -0.15) is 5.10 Å². The van der Waals surface area contributed by atoms with Crippen molar-refractivity contribution in [2.24, 2.45) is 0 Å². The summed E-state index contributed by atoms with van der Waals surface area (Å²) in [6.45, 7) is 4.52. The van der Waals surface area contributed by atoms with Crippen LogP contribution in [0.1, 0.15) is 24.4 Å². The first-order valence-electron chi connectivity index (χ1n) is 9.66. The lowest BCUT2D eigenvalue weighted by Gasteiger charge is -2.15. The first-order valence-corrected chi connectivity index (χ1v) is 11.5. The van der Waals surface area contributed by atoms with Crippen molar-refractivity contribution in [1.29, 1.82) is 0 Å². The number of amides is 1. The Labute approximate surface area is 195 Å². The molecule has 10 nitrogen and oxygen atoms in total. The third kappa shape index (κ3) is 4.83. The number of anilines is 1. The Kier molecular flexibility index (Phi) is 6.75. The van der Waals surface area contributed by atoms with E-state index in [0.29, 0.717) is 5.02 Å². The minimum atomic E-state index is -3.92. The second-order valence-corrected chi connectivity index (χ2v) is 9.63. The third-order valence-electron chi connectivity index (χ3n) is 5.03. The summed E-state index contributed by atoms with van der Waals surface area (Å²) in [7, 11) is -2.55. The van der Waals surface area contributed by atoms with E-state index in [1.54, 1.807) is 0 Å². The van der Waals surface area contributed by atoms with Crippen LogP contribution in [0.4, 0.5) is 11.4 Å². The van der Waals surface area contributed by atoms with Crippen LogP contribution in [0.5, 0.6) is 5.75 Å². The highest BCUT2D eigenvalue weighted by Gasteiger charge is 2.27. The largest absolute Gasteiger partial charge is 0.497 e. The zero-order chi connectivity index (χ0) is 24.5. The molecule has 0 aliphatic rings. The number of carbonyl (C=O) groups is 1. The average molecular weight is 493 g/mol. The number of rotatable bonds is 7. The second kappa shape index (κ2) is 9.20. The fourth-order valence-corrected chi connectivity index (χ4v) is 4.77. The van der Waals surface area contributed by atoms with Gasteiger partial charge >= 0.3 is 5.69 Å². The van der Waals surface area contributed by atoms with Crippen LogP contribution >= 0.6 is 11.6 Å². The Morgan fingerprint density at radius 1 is 1.18 bits per heavy atom. The van der Waals surface area contributed by atoms with Crippen LogP contribution in [0.3, 0.4) is 0 Å². The Balaban J connectivity index is 1.94. The maximum Gasteiger partial charge on any atom is 0.312 e. The fraction of sp³-hybridized carbons (Fsp3) is 0.238. The van der Waals surface area contributed by atoms with E-state index in [1.165, 1.54) is 75.0 Å². The van der Waals surface area contributed by atoms with E-state index in [9.17, 15) is 23.3 Å². The van der Waals surface area contributed by atoms with Crippen molar-refractivity contribution in [3.8, 4) is 5.75 Å². The van der Waals surface area contributed by atoms with Crippen LogP contribution < -0.4 is 10.1 Å². The molecule has 0 saturated carbocycles. The number of aromatic nitrogens is 2. The van der Waals surface area contributed by atoms with E-state index in [2.05, 4.69) is 10.4 Å². The summed E-state index contributed by atoms with van der Waals surface area (Å²) in [6, 6.07) is 8.91. The van der Waals surface area contributed by atoms with Crippen molar-refractivity contribution in [1.82, 2.24) is 9.78 Å². The molecule has 1 N–H and O–H groups in total. The minimum absolute atomic E-state index is 0.0285. The molecule has 0 spiro atoms. The van der Waals surface area contributed by atoms with Gasteiger partial charge in [0.05, 0.1) is 21.8 Å². The number of nitrogens with one attached hydrogen (secondary N) is 1. The van der Waals surface area contributed by atoms with Gasteiger partial charge in [-0.05, 0) is 57.2 Å². The summed E-state index contributed by atoms with van der Waals surface area (Å²) in [5, 5.41) is 18.4. The number of ether oxygens (including phenoxy) is 1. The van der Waals surface area contributed by atoms with Crippen molar-refractivity contribution in [3.63, 3.8) is 0 Å². The van der Waals surface area contributed by atoms with E-state index < -0.39 is 26.7 Å². The van der Waals surface area contributed by atoms with E-state index >= 15 is 0 Å². The molecule has 12 heteroatoms. The van der Waals surface area contributed by atoms with E-state index in [1.807, 2.05) is 0 Å². The van der Waals surface area contributed by atoms with Gasteiger partial charge in [-0.25, -0.2) is 8.42 Å². The zero-order valence-electron chi connectivity index (χ0n) is 18.2. The van der Waals surface area contributed by atoms with Crippen LogP contribution in [0.15, 0.2) is 52.3 Å². The summed E-state index contributed by atoms with van der Waals surface area (Å²) in [5.41, 5.74) is 0.439. The maximum absolute atomic E-state index is 13.1. The molecule has 1 amide bonds. The van der Waals surface area contributed by atoms with Gasteiger partial charge in [0.2, 0.25) is 15.7 Å². The molecule has 174 valence electrons. The molecule has 1 atom stereocenters. The molecule has 3 rings (SSSR count). The summed E-state index contributed by atoms with van der Waals surface area (Å²) < 4.78 is 32.6. The Morgan fingerprint density at radius 3 is 2.36 bits per heavy atom. The Bertz CT molecular complexity index is 1340. The number of halogens is 1. The van der Waals surface area contributed by atoms with Gasteiger partial charge < -0.3 is 10.1 Å². The molecular formula is C21H21ClN4O6S. The van der Waals surface area contributed by atoms with Gasteiger partial charge in [0.1, 0.15) is 23.2 Å². The SMILES string of the molecule is COc1cc(NC(=O)C(C)n2nc(C)c([N+](=O)[O-])c2C)cc(S(=O)(=O)c2ccc(Cl)cc2)c1. The first kappa shape index (κ1) is 24.2. The van der Waals surface area contributed by atoms with Crippen molar-refractivity contribution in [2.45, 2.75) is 36.6 Å². The molecule has 0 bridgehead atoms. The number of nitro groups is 1. The van der Waals surface area contributed by atoms with E-state index in [-0.39, 0.29) is 38.3 Å². The molecule has 3 aromatic rings. The Morgan fingerprint density at radius 2 is 1.82 bits per heavy atom. The smallest absolute Gasteiger partial charge is 0.312 e. The third-order valence-corrected chi connectivity index (χ3v) is 7.03. The molecule has 33 heavy (non-hydrogen) atoms. The molecule has 1 heterocycles. The quantitative estimate of drug-likeness (QED) is 0.387. The second-order valence-electron chi connectivity index (χ2n) is 7.24. The van der Waals surface area contributed by atoms with Crippen LogP contribution in [0.2, 0.25) is 5.02 Å². The number of sulfone groups is 1. The molecule has 0 fully saturated rings. The van der Waals surface area contributed by atoms with Gasteiger partial charge in [-0.1, -0.05) is 11.6 Å². The monoisotopic (exact) mass is 492 g/mol. The highest BCUT2D eigenvalue weighted by atomic mass is 35.5. The van der Waals surface area contributed by atoms with Gasteiger partial charge in [0.25, 0.3) is 0 Å². The van der Waals surface area contributed by atoms with Crippen molar-refractivity contribution in [2.75, 3.05) is 12.4 Å². The van der Waals surface area contributed by atoms with Gasteiger partial charge in [0.15, 0.2) is 0 Å². The first-order chi connectivity index (χ1) is 15.4. The molecule has 1 aromatic heterocycles. The summed E-state index contributed by atoms with van der Waals surface area (Å²) in [4.78, 5) is 23.5. The van der Waals surface area contributed by atoms with Crippen LogP contribution in [0.25, 0.3) is 0 Å². The van der Waals surface area contributed by atoms with Crippen LogP contribution in [-0.4, -0.2) is 36.1 Å². The number of aryl methyl sites for hydroxylation is 1. The zero-order valence-corrected chi connectivity index (χ0v) is 19.8. The van der Waals surface area contributed by atoms with Crippen molar-refractivity contribution < 1.29 is 22.9 Å². The predicted molar refractivity (Wildman–Crippen MR) is 122 cm³/mol. The maximum atomic E-state index is 13.1. The van der Waals surface area contributed by atoms with Gasteiger partial charge in [-0.15, -0.1) is 0 Å². The normalized spacial score (nSPS) is 12.3. The van der Waals surface area contributed by atoms with Gasteiger partial charge in [0, 0.05) is 16.8 Å². The number of hydrogen-bond acceptors (Lipinski definition) is 7. The summed E-state index contributed by atoms with van der Waals surface area (Å²) in [5.74, 6) is -0.326. The molecule has 0 aliphatic heterocycles. The molecule has 1 unspecified atom stereocenters. The fourth-order valence-electron chi connectivity index (χ4n) is 3.32. The number of methoxy groups -OCH3 is 1. The molecule has 0 radical (unpaired) electrons. The molecule has 2 aromatic carbocycles. The number of benzene rings is 2. The number of carbonyl (C=O) groups excluding carboxylic acids is 1. The highest BCUT2D eigenvalue weighted by Crippen LogP contribution is 2.30. The molecule has 0 aliphatic carbocycles.